The van der Waals surface area contributed by atoms with Crippen molar-refractivity contribution in [1.82, 2.24) is 15.3 Å². The quantitative estimate of drug-likeness (QED) is 0.816. The summed E-state index contributed by atoms with van der Waals surface area (Å²) in [6.07, 6.45) is 7.59. The summed E-state index contributed by atoms with van der Waals surface area (Å²) in [6.45, 7) is 6.23. The average molecular weight is 262 g/mol. The van der Waals surface area contributed by atoms with Gasteiger partial charge in [0.2, 0.25) is 0 Å². The minimum Gasteiger partial charge on any atom is -0.355 e. The van der Waals surface area contributed by atoms with Gasteiger partial charge in [-0.3, -0.25) is 4.79 Å². The van der Waals surface area contributed by atoms with E-state index in [1.54, 1.807) is 12.4 Å². The van der Waals surface area contributed by atoms with E-state index < -0.39 is 0 Å². The lowest BCUT2D eigenvalue weighted by Gasteiger charge is -2.22. The first-order valence-electron chi connectivity index (χ1n) is 7.12. The number of carbonyl (C=O) groups is 1. The van der Waals surface area contributed by atoms with Gasteiger partial charge in [-0.05, 0) is 25.7 Å². The summed E-state index contributed by atoms with van der Waals surface area (Å²) in [7, 11) is 0. The smallest absolute Gasteiger partial charge is 0.271 e. The fourth-order valence-electron chi connectivity index (χ4n) is 1.97. The molecule has 1 aromatic heterocycles. The number of hydrogen-bond donors (Lipinski definition) is 1. The highest BCUT2D eigenvalue weighted by atomic mass is 16.2. The topological polar surface area (TPSA) is 58.1 Å². The molecule has 104 valence electrons. The molecule has 0 radical (unpaired) electrons. The molecule has 0 bridgehead atoms. The van der Waals surface area contributed by atoms with E-state index in [2.05, 4.69) is 34.0 Å². The van der Waals surface area contributed by atoms with E-state index in [0.29, 0.717) is 11.7 Å². The predicted octanol–water partition coefficient (Wildman–Crippen LogP) is 2.00. The summed E-state index contributed by atoms with van der Waals surface area (Å²) >= 11 is 0. The maximum absolute atomic E-state index is 11.8. The van der Waals surface area contributed by atoms with E-state index in [4.69, 9.17) is 0 Å². The van der Waals surface area contributed by atoms with Crippen LogP contribution in [0.2, 0.25) is 0 Å². The Morgan fingerprint density at radius 1 is 1.26 bits per heavy atom. The van der Waals surface area contributed by atoms with Crippen LogP contribution in [0.25, 0.3) is 0 Å². The van der Waals surface area contributed by atoms with Crippen LogP contribution in [0.4, 0.5) is 5.82 Å². The van der Waals surface area contributed by atoms with Gasteiger partial charge in [-0.15, -0.1) is 0 Å². The summed E-state index contributed by atoms with van der Waals surface area (Å²) in [6, 6.07) is 0.352. The second-order valence-electron chi connectivity index (χ2n) is 4.99. The first-order chi connectivity index (χ1) is 9.24. The van der Waals surface area contributed by atoms with Crippen LogP contribution in [-0.4, -0.2) is 35.0 Å². The Bertz CT molecular complexity index is 408. The third-order valence-electron chi connectivity index (χ3n) is 3.09. The van der Waals surface area contributed by atoms with E-state index >= 15 is 0 Å². The Balaban J connectivity index is 2.00. The van der Waals surface area contributed by atoms with Crippen LogP contribution in [0.1, 0.15) is 50.0 Å². The lowest BCUT2D eigenvalue weighted by Crippen LogP contribution is -2.28. The molecular formula is C14H22N4O. The summed E-state index contributed by atoms with van der Waals surface area (Å²) in [5, 5.41) is 2.91. The molecule has 1 N–H and O–H groups in total. The molecule has 0 aliphatic heterocycles. The predicted molar refractivity (Wildman–Crippen MR) is 75.3 cm³/mol. The molecule has 1 amide bonds. The van der Waals surface area contributed by atoms with Crippen LogP contribution in [0.5, 0.6) is 0 Å². The van der Waals surface area contributed by atoms with Crippen molar-refractivity contribution >= 4 is 11.7 Å². The number of anilines is 1. The van der Waals surface area contributed by atoms with E-state index in [0.717, 1.165) is 44.6 Å². The Morgan fingerprint density at radius 2 is 1.95 bits per heavy atom. The van der Waals surface area contributed by atoms with Crippen molar-refractivity contribution < 1.29 is 4.79 Å². The van der Waals surface area contributed by atoms with E-state index in [1.807, 2.05) is 0 Å². The molecule has 5 nitrogen and oxygen atoms in total. The Hall–Kier alpha value is -1.65. The molecule has 1 aromatic rings. The van der Waals surface area contributed by atoms with Crippen molar-refractivity contribution in [1.29, 1.82) is 0 Å². The fourth-order valence-corrected chi connectivity index (χ4v) is 1.97. The highest BCUT2D eigenvalue weighted by molar-refractivity contribution is 5.92. The number of carbonyl (C=O) groups excluding carboxylic acids is 1. The fraction of sp³-hybridized carbons (Fsp3) is 0.643. The van der Waals surface area contributed by atoms with Gasteiger partial charge in [-0.2, -0.15) is 0 Å². The molecule has 0 atom stereocenters. The van der Waals surface area contributed by atoms with Crippen LogP contribution < -0.4 is 10.2 Å². The van der Waals surface area contributed by atoms with Crippen molar-refractivity contribution in [2.75, 3.05) is 18.0 Å². The SMILES string of the molecule is CCCN(CCC)c1cnc(C(=O)NC2CC2)cn1. The zero-order valence-electron chi connectivity index (χ0n) is 11.7. The molecular weight excluding hydrogens is 240 g/mol. The molecule has 5 heteroatoms. The minimum absolute atomic E-state index is 0.112. The third kappa shape index (κ3) is 3.91. The largest absolute Gasteiger partial charge is 0.355 e. The zero-order chi connectivity index (χ0) is 13.7. The van der Waals surface area contributed by atoms with Crippen LogP contribution in [0, 0.1) is 0 Å². The van der Waals surface area contributed by atoms with Crippen molar-refractivity contribution in [3.63, 3.8) is 0 Å². The molecule has 2 rings (SSSR count). The van der Waals surface area contributed by atoms with Gasteiger partial charge < -0.3 is 10.2 Å². The summed E-state index contributed by atoms with van der Waals surface area (Å²) in [4.78, 5) is 22.6. The summed E-state index contributed by atoms with van der Waals surface area (Å²) in [5.74, 6) is 0.741. The summed E-state index contributed by atoms with van der Waals surface area (Å²) in [5.41, 5.74) is 0.406. The Kier molecular flexibility index (Phi) is 4.71. The van der Waals surface area contributed by atoms with E-state index in [1.165, 1.54) is 0 Å². The number of hydrogen-bond acceptors (Lipinski definition) is 4. The molecule has 0 unspecified atom stereocenters. The molecule has 1 saturated carbocycles. The monoisotopic (exact) mass is 262 g/mol. The van der Waals surface area contributed by atoms with Gasteiger partial charge in [0.25, 0.3) is 5.91 Å². The van der Waals surface area contributed by atoms with Crippen molar-refractivity contribution in [2.45, 2.75) is 45.6 Å². The number of nitrogens with one attached hydrogen (secondary N) is 1. The Morgan fingerprint density at radius 3 is 2.42 bits per heavy atom. The molecule has 1 aliphatic carbocycles. The standard InChI is InChI=1S/C14H22N4O/c1-3-7-18(8-4-2)13-10-15-12(9-16-13)14(19)17-11-5-6-11/h9-11H,3-8H2,1-2H3,(H,17,19). The van der Waals surface area contributed by atoms with Crippen molar-refractivity contribution in [3.8, 4) is 0 Å². The average Bonchev–Trinajstić information content (AvgIpc) is 3.23. The van der Waals surface area contributed by atoms with Gasteiger partial charge in [-0.1, -0.05) is 13.8 Å². The molecule has 0 aromatic carbocycles. The maximum Gasteiger partial charge on any atom is 0.271 e. The van der Waals surface area contributed by atoms with Crippen LogP contribution in [0.15, 0.2) is 12.4 Å². The molecule has 0 saturated heterocycles. The third-order valence-corrected chi connectivity index (χ3v) is 3.09. The lowest BCUT2D eigenvalue weighted by atomic mass is 10.3. The lowest BCUT2D eigenvalue weighted by molar-refractivity contribution is 0.0945. The van der Waals surface area contributed by atoms with Gasteiger partial charge in [-0.25, -0.2) is 9.97 Å². The van der Waals surface area contributed by atoms with E-state index in [9.17, 15) is 4.79 Å². The first kappa shape index (κ1) is 13.8. The first-order valence-corrected chi connectivity index (χ1v) is 7.12. The van der Waals surface area contributed by atoms with Crippen molar-refractivity contribution in [3.05, 3.63) is 18.1 Å². The van der Waals surface area contributed by atoms with Crippen LogP contribution >= 0.6 is 0 Å². The van der Waals surface area contributed by atoms with Gasteiger partial charge >= 0.3 is 0 Å². The van der Waals surface area contributed by atoms with E-state index in [-0.39, 0.29) is 5.91 Å². The molecule has 0 spiro atoms. The second-order valence-corrected chi connectivity index (χ2v) is 4.99. The number of aromatic nitrogens is 2. The number of nitrogens with zero attached hydrogens (tertiary/aromatic N) is 3. The van der Waals surface area contributed by atoms with Crippen LogP contribution in [0.3, 0.4) is 0 Å². The zero-order valence-corrected chi connectivity index (χ0v) is 11.7. The van der Waals surface area contributed by atoms with Crippen molar-refractivity contribution in [2.24, 2.45) is 0 Å². The summed E-state index contributed by atoms with van der Waals surface area (Å²) < 4.78 is 0. The Labute approximate surface area is 114 Å². The van der Waals surface area contributed by atoms with Gasteiger partial charge in [0.05, 0.1) is 12.4 Å². The van der Waals surface area contributed by atoms with Gasteiger partial charge in [0, 0.05) is 19.1 Å². The highest BCUT2D eigenvalue weighted by Gasteiger charge is 2.24. The number of amides is 1. The van der Waals surface area contributed by atoms with Gasteiger partial charge in [0.15, 0.2) is 0 Å². The molecule has 1 fully saturated rings. The molecule has 19 heavy (non-hydrogen) atoms. The second kappa shape index (κ2) is 6.50. The molecule has 1 aliphatic rings. The molecule has 1 heterocycles. The normalized spacial score (nSPS) is 14.2. The highest BCUT2D eigenvalue weighted by Crippen LogP contribution is 2.19. The number of rotatable bonds is 7. The van der Waals surface area contributed by atoms with Crippen LogP contribution in [-0.2, 0) is 0 Å². The van der Waals surface area contributed by atoms with Gasteiger partial charge in [0.1, 0.15) is 11.5 Å². The minimum atomic E-state index is -0.112. The maximum atomic E-state index is 11.8.